The number of hydrogen-bond donors (Lipinski definition) is 0. The van der Waals surface area contributed by atoms with E-state index in [0.717, 1.165) is 6.42 Å². The van der Waals surface area contributed by atoms with Crippen molar-refractivity contribution in [2.24, 2.45) is 0 Å². The summed E-state index contributed by atoms with van der Waals surface area (Å²) in [6, 6.07) is 16.1. The van der Waals surface area contributed by atoms with Crippen molar-refractivity contribution < 1.29 is 44.8 Å². The fraction of sp³-hybridized carbons (Fsp3) is 0.379. The van der Waals surface area contributed by atoms with Gasteiger partial charge in [0.1, 0.15) is 0 Å². The van der Waals surface area contributed by atoms with Gasteiger partial charge in [-0.15, -0.1) is 46.2 Å². The van der Waals surface area contributed by atoms with Gasteiger partial charge in [-0.2, -0.15) is 6.08 Å². The van der Waals surface area contributed by atoms with Crippen molar-refractivity contribution in [3.8, 4) is 0 Å². The molecule has 0 aromatic heterocycles. The number of hydrogen-bond acceptors (Lipinski definition) is 0. The van der Waals surface area contributed by atoms with Crippen molar-refractivity contribution in [1.82, 2.24) is 0 Å². The van der Waals surface area contributed by atoms with Gasteiger partial charge in [-0.3, -0.25) is 6.08 Å². The van der Waals surface area contributed by atoms with Gasteiger partial charge in [0.15, 0.2) is 0 Å². The molecular weight excluding hydrogens is 467 g/mol. The first-order chi connectivity index (χ1) is 14.4. The Kier molecular flexibility index (Phi) is 15.2. The van der Waals surface area contributed by atoms with E-state index in [-0.39, 0.29) is 24.8 Å². The van der Waals surface area contributed by atoms with Crippen LogP contribution in [0.1, 0.15) is 83.8 Å². The standard InChI is InChI=1S/C19H21.C5H5.C5H10.2ClH.Ti/c1-12(2)14-5-7-16-9-17-8-6-15(13(3)4)11-19(17)18(16)10-14;1-2-4-5-3-1;1-3-5-4-2;;;/h5-13H,1-4H3;1-3H,4H2;3-4H2,1-2H3;2*1H;/q2*-1;;;;+2/p-2. The molecular formula is C29H36Cl2Ti-2. The second-order valence-corrected chi connectivity index (χ2v) is 9.57. The molecule has 3 aromatic carbocycles. The molecule has 3 heteroatoms. The van der Waals surface area contributed by atoms with E-state index in [2.05, 4.69) is 116 Å². The molecule has 0 fully saturated rings. The third kappa shape index (κ3) is 9.07. The SMILES string of the molecule is CC(C)c1ccc2[cH-]c3ccc(C(C)C)cc3c2c1.CC[C](=[Ti+2])CC.[C-]1=CC=CC1.[Cl-].[Cl-]. The first-order valence-electron chi connectivity index (χ1n) is 11.3. The Hall–Kier alpha value is -1.05. The molecule has 4 rings (SSSR count). The predicted octanol–water partition coefficient (Wildman–Crippen LogP) is 2.80. The molecule has 0 aliphatic heterocycles. The van der Waals surface area contributed by atoms with Crippen molar-refractivity contribution >= 4 is 25.4 Å². The number of fused-ring (bicyclic) bond motifs is 3. The molecule has 1 aliphatic rings. The van der Waals surface area contributed by atoms with Gasteiger partial charge in [0.2, 0.25) is 0 Å². The van der Waals surface area contributed by atoms with E-state index in [0.29, 0.717) is 11.8 Å². The molecule has 0 spiro atoms. The summed E-state index contributed by atoms with van der Waals surface area (Å²) in [5.74, 6) is 1.17. The Labute approximate surface area is 219 Å². The average Bonchev–Trinajstić information content (AvgIpc) is 3.44. The monoisotopic (exact) mass is 502 g/mol. The van der Waals surface area contributed by atoms with Crippen LogP contribution in [0.25, 0.3) is 21.5 Å². The van der Waals surface area contributed by atoms with Crippen molar-refractivity contribution in [3.05, 3.63) is 77.9 Å². The van der Waals surface area contributed by atoms with Gasteiger partial charge in [-0.05, 0) is 11.8 Å². The van der Waals surface area contributed by atoms with E-state index in [1.165, 1.54) is 45.5 Å². The molecule has 0 saturated heterocycles. The smallest absolute Gasteiger partial charge is 0.109 e. The summed E-state index contributed by atoms with van der Waals surface area (Å²) >= 11 is 2.19. The Morgan fingerprint density at radius 2 is 1.34 bits per heavy atom. The Morgan fingerprint density at radius 1 is 0.875 bits per heavy atom. The molecule has 32 heavy (non-hydrogen) atoms. The molecule has 0 atom stereocenters. The van der Waals surface area contributed by atoms with E-state index in [1.807, 2.05) is 12.2 Å². The number of benzene rings is 2. The van der Waals surface area contributed by atoms with Crippen molar-refractivity contribution in [1.29, 1.82) is 0 Å². The molecule has 0 saturated carbocycles. The van der Waals surface area contributed by atoms with E-state index in [9.17, 15) is 0 Å². The van der Waals surface area contributed by atoms with Crippen LogP contribution < -0.4 is 24.8 Å². The summed E-state index contributed by atoms with van der Waals surface area (Å²) in [4.78, 5) is 0. The molecule has 0 heterocycles. The maximum Gasteiger partial charge on any atom is -0.109 e. The zero-order valence-corrected chi connectivity index (χ0v) is 23.4. The van der Waals surface area contributed by atoms with Crippen LogP contribution in [-0.4, -0.2) is 3.81 Å². The van der Waals surface area contributed by atoms with Gasteiger partial charge in [0, 0.05) is 0 Å². The maximum absolute atomic E-state index is 2.99. The average molecular weight is 503 g/mol. The number of allylic oxidation sites excluding steroid dienone is 4. The fourth-order valence-corrected chi connectivity index (χ4v) is 3.34. The zero-order valence-electron chi connectivity index (χ0n) is 20.3. The van der Waals surface area contributed by atoms with Crippen LogP contribution in [0.5, 0.6) is 0 Å². The molecule has 0 nitrogen and oxygen atoms in total. The van der Waals surface area contributed by atoms with Crippen molar-refractivity contribution in [3.63, 3.8) is 0 Å². The van der Waals surface area contributed by atoms with Crippen molar-refractivity contribution in [2.45, 2.75) is 72.6 Å². The second-order valence-electron chi connectivity index (χ2n) is 8.46. The zero-order chi connectivity index (χ0) is 22.1. The van der Waals surface area contributed by atoms with E-state index in [1.54, 1.807) is 3.81 Å². The minimum atomic E-state index is 0. The van der Waals surface area contributed by atoms with Crippen LogP contribution in [0.3, 0.4) is 0 Å². The number of rotatable bonds is 4. The predicted molar refractivity (Wildman–Crippen MR) is 132 cm³/mol. The molecule has 0 N–H and O–H groups in total. The van der Waals surface area contributed by atoms with E-state index < -0.39 is 0 Å². The quantitative estimate of drug-likeness (QED) is 0.380. The van der Waals surface area contributed by atoms with Crippen LogP contribution in [0, 0.1) is 6.08 Å². The summed E-state index contributed by atoms with van der Waals surface area (Å²) in [7, 11) is 0. The normalized spacial score (nSPS) is 11.6. The van der Waals surface area contributed by atoms with Gasteiger partial charge in [-0.1, -0.05) is 63.1 Å². The van der Waals surface area contributed by atoms with Gasteiger partial charge >= 0.3 is 50.5 Å². The molecule has 0 bridgehead atoms. The Morgan fingerprint density at radius 3 is 1.59 bits per heavy atom. The van der Waals surface area contributed by atoms with Crippen molar-refractivity contribution in [2.75, 3.05) is 0 Å². The summed E-state index contributed by atoms with van der Waals surface area (Å²) in [6.45, 7) is 13.4. The Balaban J connectivity index is 0.000000618. The van der Waals surface area contributed by atoms with Gasteiger partial charge in [-0.25, -0.2) is 12.2 Å². The topological polar surface area (TPSA) is 0 Å². The van der Waals surface area contributed by atoms with Gasteiger partial charge < -0.3 is 24.8 Å². The third-order valence-electron chi connectivity index (χ3n) is 5.53. The third-order valence-corrected chi connectivity index (χ3v) is 6.63. The molecule has 172 valence electrons. The summed E-state index contributed by atoms with van der Waals surface area (Å²) < 4.78 is 1.59. The molecule has 3 aromatic rings. The second kappa shape index (κ2) is 15.7. The molecule has 0 unspecified atom stereocenters. The number of halogens is 2. The first-order valence-corrected chi connectivity index (χ1v) is 12.1. The van der Waals surface area contributed by atoms with Crippen LogP contribution >= 0.6 is 0 Å². The summed E-state index contributed by atoms with van der Waals surface area (Å²) in [6.07, 6.45) is 12.5. The van der Waals surface area contributed by atoms with Gasteiger partial charge in [0.25, 0.3) is 0 Å². The summed E-state index contributed by atoms with van der Waals surface area (Å²) in [5.41, 5.74) is 2.85. The molecule has 0 amide bonds. The minimum Gasteiger partial charge on any atom is -1.00 e. The summed E-state index contributed by atoms with van der Waals surface area (Å²) in [5, 5.41) is 5.54. The van der Waals surface area contributed by atoms with Crippen LogP contribution in [0.15, 0.2) is 60.7 Å². The van der Waals surface area contributed by atoms with E-state index in [4.69, 9.17) is 0 Å². The van der Waals surface area contributed by atoms with Crippen LogP contribution in [0.2, 0.25) is 0 Å². The maximum atomic E-state index is 2.99. The van der Waals surface area contributed by atoms with Crippen LogP contribution in [0.4, 0.5) is 0 Å². The first kappa shape index (κ1) is 31.0. The van der Waals surface area contributed by atoms with E-state index >= 15 is 0 Å². The Bertz CT molecular complexity index is 944. The molecule has 0 radical (unpaired) electrons. The van der Waals surface area contributed by atoms with Gasteiger partial charge in [0.05, 0.1) is 0 Å². The van der Waals surface area contributed by atoms with Crippen LogP contribution in [-0.2, 0) is 20.0 Å². The largest absolute Gasteiger partial charge is 1.00 e. The fourth-order valence-electron chi connectivity index (χ4n) is 3.34. The molecule has 1 aliphatic carbocycles. The minimum absolute atomic E-state index is 0.